The molecule has 0 atom stereocenters. The number of aliphatic hydroxyl groups excluding tert-OH is 1. The Kier molecular flexibility index (Phi) is 12.6. The fourth-order valence-corrected chi connectivity index (χ4v) is 0.133. The van der Waals surface area contributed by atoms with E-state index < -0.39 is 6.16 Å². The molecular formula is C5H12O4. The molecule has 0 aliphatic heterocycles. The third-order valence-corrected chi connectivity index (χ3v) is 0.317. The fourth-order valence-electron chi connectivity index (χ4n) is 0.133. The fraction of sp³-hybridized carbons (Fsp3) is 0.800. The van der Waals surface area contributed by atoms with E-state index in [1.807, 2.05) is 13.8 Å². The van der Waals surface area contributed by atoms with Gasteiger partial charge < -0.3 is 14.9 Å². The largest absolute Gasteiger partial charge is 0.505 e. The minimum absolute atomic E-state index is 0.144. The second-order valence-corrected chi connectivity index (χ2v) is 0.838. The smallest absolute Gasteiger partial charge is 0.450 e. The second kappa shape index (κ2) is 10.3. The van der Waals surface area contributed by atoms with Crippen LogP contribution < -0.4 is 0 Å². The van der Waals surface area contributed by atoms with Crippen molar-refractivity contribution in [3.05, 3.63) is 0 Å². The monoisotopic (exact) mass is 136 g/mol. The molecule has 0 heterocycles. The van der Waals surface area contributed by atoms with E-state index in [1.54, 1.807) is 0 Å². The van der Waals surface area contributed by atoms with Crippen LogP contribution in [0.2, 0.25) is 0 Å². The highest BCUT2D eigenvalue weighted by atomic mass is 16.7. The Morgan fingerprint density at radius 2 is 2.00 bits per heavy atom. The molecule has 0 fully saturated rings. The van der Waals surface area contributed by atoms with Crippen molar-refractivity contribution in [3.8, 4) is 0 Å². The summed E-state index contributed by atoms with van der Waals surface area (Å²) in [5, 5.41) is 15.6. The maximum atomic E-state index is 9.42. The van der Waals surface area contributed by atoms with Crippen LogP contribution in [0.4, 0.5) is 4.79 Å². The Labute approximate surface area is 54.1 Å². The molecule has 56 valence electrons. The maximum Gasteiger partial charge on any atom is 0.505 e. The highest BCUT2D eigenvalue weighted by molar-refractivity contribution is 5.56. The molecule has 0 aliphatic rings. The minimum atomic E-state index is -1.35. The van der Waals surface area contributed by atoms with E-state index in [4.69, 9.17) is 10.2 Å². The van der Waals surface area contributed by atoms with Crippen molar-refractivity contribution < 1.29 is 19.7 Å². The van der Waals surface area contributed by atoms with Crippen molar-refractivity contribution in [1.82, 2.24) is 0 Å². The molecule has 0 radical (unpaired) electrons. The molecule has 0 aromatic carbocycles. The molecule has 0 bridgehead atoms. The van der Waals surface area contributed by atoms with Crippen molar-refractivity contribution in [2.45, 2.75) is 13.8 Å². The van der Waals surface area contributed by atoms with Crippen LogP contribution in [-0.4, -0.2) is 29.6 Å². The number of hydrogen-bond acceptors (Lipinski definition) is 3. The number of carboxylic acid groups (broad SMARTS) is 1. The molecule has 0 aromatic heterocycles. The molecule has 0 aliphatic carbocycles. The van der Waals surface area contributed by atoms with Gasteiger partial charge in [-0.25, -0.2) is 4.79 Å². The van der Waals surface area contributed by atoms with Gasteiger partial charge in [0.2, 0.25) is 0 Å². The molecule has 4 heteroatoms. The van der Waals surface area contributed by atoms with Crippen LogP contribution in [0.25, 0.3) is 0 Å². The quantitative estimate of drug-likeness (QED) is 0.548. The lowest BCUT2D eigenvalue weighted by Crippen LogP contribution is -2.04. The summed E-state index contributed by atoms with van der Waals surface area (Å²) in [5.41, 5.74) is 0. The third kappa shape index (κ3) is 19.0. The van der Waals surface area contributed by atoms with E-state index >= 15 is 0 Å². The van der Waals surface area contributed by atoms with Gasteiger partial charge >= 0.3 is 6.16 Å². The average molecular weight is 136 g/mol. The van der Waals surface area contributed by atoms with Crippen LogP contribution in [0.3, 0.4) is 0 Å². The molecule has 0 spiro atoms. The zero-order valence-electron chi connectivity index (χ0n) is 5.63. The molecule has 4 nitrogen and oxygen atoms in total. The molecule has 0 saturated carbocycles. The Balaban J connectivity index is 0. The van der Waals surface area contributed by atoms with E-state index in [1.165, 1.54) is 0 Å². The standard InChI is InChI=1S/C3H6O4.C2H6/c4-1-2-7-3(5)6;1-2/h4H,1-2H2,(H,5,6);1-2H3. The first-order valence-electron chi connectivity index (χ1n) is 2.74. The Morgan fingerprint density at radius 3 is 2.11 bits per heavy atom. The molecule has 0 saturated heterocycles. The van der Waals surface area contributed by atoms with Crippen LogP contribution in [0.5, 0.6) is 0 Å². The van der Waals surface area contributed by atoms with Crippen molar-refractivity contribution >= 4 is 6.16 Å². The number of carbonyl (C=O) groups is 1. The van der Waals surface area contributed by atoms with Crippen molar-refractivity contribution in [3.63, 3.8) is 0 Å². The third-order valence-electron chi connectivity index (χ3n) is 0.317. The van der Waals surface area contributed by atoms with Crippen molar-refractivity contribution in [1.29, 1.82) is 0 Å². The number of aliphatic hydroxyl groups is 1. The highest BCUT2D eigenvalue weighted by Crippen LogP contribution is 1.71. The van der Waals surface area contributed by atoms with Gasteiger partial charge in [0.25, 0.3) is 0 Å². The maximum absolute atomic E-state index is 9.42. The van der Waals surface area contributed by atoms with Gasteiger partial charge in [-0.15, -0.1) is 0 Å². The zero-order valence-corrected chi connectivity index (χ0v) is 5.63. The van der Waals surface area contributed by atoms with Crippen molar-refractivity contribution in [2.24, 2.45) is 0 Å². The SMILES string of the molecule is CC.O=C(O)OCCO. The minimum Gasteiger partial charge on any atom is -0.450 e. The summed E-state index contributed by atoms with van der Waals surface area (Å²) in [6.45, 7) is 3.60. The summed E-state index contributed by atoms with van der Waals surface area (Å²) in [7, 11) is 0. The molecule has 0 unspecified atom stereocenters. The number of hydrogen-bond donors (Lipinski definition) is 2. The normalized spacial score (nSPS) is 7.00. The average Bonchev–Trinajstić information content (AvgIpc) is 1.88. The van der Waals surface area contributed by atoms with Gasteiger partial charge in [0.1, 0.15) is 6.61 Å². The van der Waals surface area contributed by atoms with Gasteiger partial charge in [-0.3, -0.25) is 0 Å². The van der Waals surface area contributed by atoms with Crippen LogP contribution in [-0.2, 0) is 4.74 Å². The predicted molar refractivity (Wildman–Crippen MR) is 32.4 cm³/mol. The summed E-state index contributed by atoms with van der Waals surface area (Å²) >= 11 is 0. The zero-order chi connectivity index (χ0) is 7.70. The van der Waals surface area contributed by atoms with Gasteiger partial charge in [0.05, 0.1) is 6.61 Å². The molecule has 0 aromatic rings. The molecule has 0 rings (SSSR count). The summed E-state index contributed by atoms with van der Waals surface area (Å²) in [5.74, 6) is 0. The number of rotatable bonds is 2. The van der Waals surface area contributed by atoms with Gasteiger partial charge in [-0.1, -0.05) is 13.8 Å². The van der Waals surface area contributed by atoms with E-state index in [-0.39, 0.29) is 13.2 Å². The Morgan fingerprint density at radius 1 is 1.56 bits per heavy atom. The molecular weight excluding hydrogens is 124 g/mol. The molecule has 9 heavy (non-hydrogen) atoms. The topological polar surface area (TPSA) is 66.8 Å². The van der Waals surface area contributed by atoms with E-state index in [2.05, 4.69) is 4.74 Å². The van der Waals surface area contributed by atoms with E-state index in [9.17, 15) is 4.79 Å². The van der Waals surface area contributed by atoms with Crippen molar-refractivity contribution in [2.75, 3.05) is 13.2 Å². The van der Waals surface area contributed by atoms with Gasteiger partial charge in [-0.05, 0) is 0 Å². The van der Waals surface area contributed by atoms with Crippen LogP contribution in [0, 0.1) is 0 Å². The van der Waals surface area contributed by atoms with Crippen LogP contribution >= 0.6 is 0 Å². The van der Waals surface area contributed by atoms with Crippen LogP contribution in [0.15, 0.2) is 0 Å². The molecule has 0 amide bonds. The molecule has 2 N–H and O–H groups in total. The lowest BCUT2D eigenvalue weighted by Gasteiger charge is -1.91. The lowest BCUT2D eigenvalue weighted by molar-refractivity contribution is 0.0743. The Hall–Kier alpha value is -0.770. The van der Waals surface area contributed by atoms with Crippen LogP contribution in [0.1, 0.15) is 13.8 Å². The first-order valence-corrected chi connectivity index (χ1v) is 2.74. The first-order chi connectivity index (χ1) is 4.27. The highest BCUT2D eigenvalue weighted by Gasteiger charge is 1.90. The van der Waals surface area contributed by atoms with Gasteiger partial charge in [-0.2, -0.15) is 0 Å². The second-order valence-electron chi connectivity index (χ2n) is 0.838. The lowest BCUT2D eigenvalue weighted by atomic mass is 10.8. The van der Waals surface area contributed by atoms with E-state index in [0.29, 0.717) is 0 Å². The number of ether oxygens (including phenoxy) is 1. The summed E-state index contributed by atoms with van der Waals surface area (Å²) < 4.78 is 3.86. The summed E-state index contributed by atoms with van der Waals surface area (Å²) in [6.07, 6.45) is -1.35. The Bertz CT molecular complexity index is 62.0. The summed E-state index contributed by atoms with van der Waals surface area (Å²) in [6, 6.07) is 0. The van der Waals surface area contributed by atoms with Gasteiger partial charge in [0, 0.05) is 0 Å². The first kappa shape index (κ1) is 11.1. The predicted octanol–water partition coefficient (Wildman–Crippen LogP) is 0.700. The summed E-state index contributed by atoms with van der Waals surface area (Å²) in [4.78, 5) is 9.42. The van der Waals surface area contributed by atoms with E-state index in [0.717, 1.165) is 0 Å². The van der Waals surface area contributed by atoms with Gasteiger partial charge in [0.15, 0.2) is 0 Å².